The molecule has 3 aliphatic rings. The second-order valence-electron chi connectivity index (χ2n) is 9.53. The van der Waals surface area contributed by atoms with Gasteiger partial charge in [0.2, 0.25) is 0 Å². The van der Waals surface area contributed by atoms with Crippen LogP contribution in [-0.4, -0.2) is 47.1 Å². The summed E-state index contributed by atoms with van der Waals surface area (Å²) in [6.07, 6.45) is 4.54. The van der Waals surface area contributed by atoms with Gasteiger partial charge in [0.15, 0.2) is 5.76 Å². The van der Waals surface area contributed by atoms with Crippen molar-refractivity contribution >= 4 is 11.7 Å². The standard InChI is InChI=1S/C24H28N4O3/c1-15-13-27(8-9-28(15)23(29)20-5-4-10-30-20)22-18(12-25)17-11-24(2,3)31-14-19(17)21(26-22)16-6-7-16/h4-5,10,15-16H,6-9,11,13-14H2,1-3H3/t15-/m1/s1. The van der Waals surface area contributed by atoms with Crippen molar-refractivity contribution in [2.24, 2.45) is 0 Å². The van der Waals surface area contributed by atoms with E-state index < -0.39 is 0 Å². The van der Waals surface area contributed by atoms with Crippen molar-refractivity contribution < 1.29 is 13.9 Å². The minimum absolute atomic E-state index is 0.0140. The zero-order valence-electron chi connectivity index (χ0n) is 18.4. The van der Waals surface area contributed by atoms with Crippen molar-refractivity contribution in [2.45, 2.75) is 64.2 Å². The quantitative estimate of drug-likeness (QED) is 0.754. The van der Waals surface area contributed by atoms with Crippen LogP contribution in [0, 0.1) is 11.3 Å². The highest BCUT2D eigenvalue weighted by atomic mass is 16.5. The van der Waals surface area contributed by atoms with Crippen LogP contribution in [0.1, 0.15) is 72.5 Å². The molecule has 2 aromatic rings. The van der Waals surface area contributed by atoms with E-state index >= 15 is 0 Å². The van der Waals surface area contributed by atoms with Crippen molar-refractivity contribution in [1.29, 1.82) is 5.26 Å². The van der Waals surface area contributed by atoms with E-state index in [1.54, 1.807) is 12.1 Å². The molecule has 2 aromatic heterocycles. The van der Waals surface area contributed by atoms with Gasteiger partial charge in [-0.3, -0.25) is 4.79 Å². The summed E-state index contributed by atoms with van der Waals surface area (Å²) in [5, 5.41) is 10.1. The maximum Gasteiger partial charge on any atom is 0.289 e. The first kappa shape index (κ1) is 20.1. The summed E-state index contributed by atoms with van der Waals surface area (Å²) in [5.74, 6) is 1.53. The number of nitrogens with zero attached hydrogens (tertiary/aromatic N) is 4. The normalized spacial score (nSPS) is 22.7. The first-order chi connectivity index (χ1) is 14.9. The highest BCUT2D eigenvalue weighted by Gasteiger charge is 2.38. The molecule has 0 unspecified atom stereocenters. The molecule has 0 aromatic carbocycles. The summed E-state index contributed by atoms with van der Waals surface area (Å²) < 4.78 is 11.4. The molecule has 2 aliphatic heterocycles. The minimum Gasteiger partial charge on any atom is -0.459 e. The number of carbonyl (C=O) groups excluding carboxylic acids is 1. The van der Waals surface area contributed by atoms with Crippen LogP contribution in [0.4, 0.5) is 5.82 Å². The lowest BCUT2D eigenvalue weighted by molar-refractivity contribution is -0.0407. The monoisotopic (exact) mass is 420 g/mol. The van der Waals surface area contributed by atoms with Gasteiger partial charge in [-0.25, -0.2) is 4.98 Å². The van der Waals surface area contributed by atoms with Gasteiger partial charge in [-0.2, -0.15) is 5.26 Å². The van der Waals surface area contributed by atoms with Gasteiger partial charge in [0.1, 0.15) is 11.9 Å². The molecule has 4 heterocycles. The summed E-state index contributed by atoms with van der Waals surface area (Å²) >= 11 is 0. The lowest BCUT2D eigenvalue weighted by Gasteiger charge is -2.41. The van der Waals surface area contributed by atoms with Gasteiger partial charge in [0.05, 0.1) is 29.7 Å². The molecule has 2 fully saturated rings. The van der Waals surface area contributed by atoms with Crippen LogP contribution >= 0.6 is 0 Å². The summed E-state index contributed by atoms with van der Waals surface area (Å²) in [6, 6.07) is 5.88. The molecule has 31 heavy (non-hydrogen) atoms. The van der Waals surface area contributed by atoms with Crippen LogP contribution in [0.15, 0.2) is 22.8 Å². The Morgan fingerprint density at radius 3 is 2.74 bits per heavy atom. The van der Waals surface area contributed by atoms with Crippen LogP contribution in [0.2, 0.25) is 0 Å². The number of furan rings is 1. The number of aromatic nitrogens is 1. The topological polar surface area (TPSA) is 82.6 Å². The fraction of sp³-hybridized carbons (Fsp3) is 0.542. The Labute approximate surface area is 182 Å². The molecule has 0 spiro atoms. The zero-order chi connectivity index (χ0) is 21.8. The third-order valence-corrected chi connectivity index (χ3v) is 6.63. The van der Waals surface area contributed by atoms with Gasteiger partial charge in [-0.1, -0.05) is 0 Å². The van der Waals surface area contributed by atoms with E-state index in [1.165, 1.54) is 6.26 Å². The molecular formula is C24H28N4O3. The summed E-state index contributed by atoms with van der Waals surface area (Å²) in [7, 11) is 0. The number of anilines is 1. The van der Waals surface area contributed by atoms with Gasteiger partial charge in [0, 0.05) is 43.6 Å². The number of fused-ring (bicyclic) bond motifs is 1. The maximum atomic E-state index is 12.8. The Morgan fingerprint density at radius 2 is 2.10 bits per heavy atom. The molecule has 0 bridgehead atoms. The molecule has 1 saturated carbocycles. The van der Waals surface area contributed by atoms with Crippen LogP contribution in [0.5, 0.6) is 0 Å². The van der Waals surface area contributed by atoms with Gasteiger partial charge < -0.3 is 19.0 Å². The average molecular weight is 421 g/mol. The highest BCUT2D eigenvalue weighted by Crippen LogP contribution is 2.45. The Kier molecular flexibility index (Phi) is 4.78. The number of amides is 1. The third kappa shape index (κ3) is 3.59. The van der Waals surface area contributed by atoms with E-state index in [9.17, 15) is 10.1 Å². The van der Waals surface area contributed by atoms with Crippen molar-refractivity contribution in [3.05, 3.63) is 46.5 Å². The van der Waals surface area contributed by atoms with Crippen LogP contribution in [0.25, 0.3) is 0 Å². The first-order valence-corrected chi connectivity index (χ1v) is 11.1. The first-order valence-electron chi connectivity index (χ1n) is 11.1. The predicted molar refractivity (Wildman–Crippen MR) is 115 cm³/mol. The number of hydrogen-bond donors (Lipinski definition) is 0. The Bertz CT molecular complexity index is 1050. The Hall–Kier alpha value is -2.85. The van der Waals surface area contributed by atoms with Crippen LogP contribution < -0.4 is 4.90 Å². The number of carbonyl (C=O) groups is 1. The summed E-state index contributed by atoms with van der Waals surface area (Å²) in [5.41, 5.74) is 3.73. The van der Waals surface area contributed by atoms with E-state index in [4.69, 9.17) is 14.1 Å². The number of rotatable bonds is 3. The lowest BCUT2D eigenvalue weighted by Crippen LogP contribution is -2.54. The van der Waals surface area contributed by atoms with E-state index in [-0.39, 0.29) is 17.6 Å². The van der Waals surface area contributed by atoms with Crippen LogP contribution in [0.3, 0.4) is 0 Å². The summed E-state index contributed by atoms with van der Waals surface area (Å²) in [6.45, 7) is 8.56. The molecule has 7 nitrogen and oxygen atoms in total. The third-order valence-electron chi connectivity index (χ3n) is 6.63. The molecule has 1 aliphatic carbocycles. The Balaban J connectivity index is 1.47. The van der Waals surface area contributed by atoms with Crippen molar-refractivity contribution in [1.82, 2.24) is 9.88 Å². The zero-order valence-corrected chi connectivity index (χ0v) is 18.4. The number of pyridine rings is 1. The largest absolute Gasteiger partial charge is 0.459 e. The van der Waals surface area contributed by atoms with E-state index in [0.717, 1.165) is 35.5 Å². The molecule has 162 valence electrons. The molecule has 1 saturated heterocycles. The number of hydrogen-bond acceptors (Lipinski definition) is 6. The van der Waals surface area contributed by atoms with Crippen LogP contribution in [-0.2, 0) is 17.8 Å². The molecule has 0 radical (unpaired) electrons. The second-order valence-corrected chi connectivity index (χ2v) is 9.53. The van der Waals surface area contributed by atoms with Gasteiger partial charge >= 0.3 is 0 Å². The lowest BCUT2D eigenvalue weighted by atomic mass is 9.87. The van der Waals surface area contributed by atoms with Crippen molar-refractivity contribution in [2.75, 3.05) is 24.5 Å². The fourth-order valence-electron chi connectivity index (χ4n) is 4.81. The molecule has 7 heteroatoms. The average Bonchev–Trinajstić information content (AvgIpc) is 3.44. The van der Waals surface area contributed by atoms with Gasteiger partial charge in [-0.05, 0) is 51.3 Å². The number of piperazine rings is 1. The molecule has 1 atom stereocenters. The molecular weight excluding hydrogens is 392 g/mol. The van der Waals surface area contributed by atoms with E-state index in [2.05, 4.69) is 24.8 Å². The Morgan fingerprint density at radius 1 is 1.29 bits per heavy atom. The number of ether oxygens (including phenoxy) is 1. The fourth-order valence-corrected chi connectivity index (χ4v) is 4.81. The van der Waals surface area contributed by atoms with Gasteiger partial charge in [-0.15, -0.1) is 0 Å². The maximum absolute atomic E-state index is 12.8. The number of nitriles is 1. The summed E-state index contributed by atoms with van der Waals surface area (Å²) in [4.78, 5) is 21.9. The smallest absolute Gasteiger partial charge is 0.289 e. The minimum atomic E-state index is -0.292. The molecule has 0 N–H and O–H groups in total. The molecule has 1 amide bonds. The van der Waals surface area contributed by atoms with Gasteiger partial charge in [0.25, 0.3) is 5.91 Å². The van der Waals surface area contributed by atoms with E-state index in [0.29, 0.717) is 49.9 Å². The predicted octanol–water partition coefficient (Wildman–Crippen LogP) is 3.63. The second kappa shape index (κ2) is 7.38. The highest BCUT2D eigenvalue weighted by molar-refractivity contribution is 5.91. The molecule has 5 rings (SSSR count). The van der Waals surface area contributed by atoms with Crippen molar-refractivity contribution in [3.8, 4) is 6.07 Å². The van der Waals surface area contributed by atoms with Crippen molar-refractivity contribution in [3.63, 3.8) is 0 Å². The van der Waals surface area contributed by atoms with E-state index in [1.807, 2.05) is 11.8 Å². The SMILES string of the molecule is C[C@@H]1CN(c2nc(C3CC3)c3c(c2C#N)CC(C)(C)OC3)CCN1C(=O)c1ccco1.